The van der Waals surface area contributed by atoms with Crippen LogP contribution in [0, 0.1) is 0 Å². The third-order valence-corrected chi connectivity index (χ3v) is 3.50. The quantitative estimate of drug-likeness (QED) is 0.387. The molecule has 0 aromatic heterocycles. The van der Waals surface area contributed by atoms with Crippen LogP contribution >= 0.6 is 0 Å². The number of benzene rings is 2. The summed E-state index contributed by atoms with van der Waals surface area (Å²) in [5.41, 5.74) is 0. The van der Waals surface area contributed by atoms with E-state index in [2.05, 4.69) is 0 Å². The van der Waals surface area contributed by atoms with Gasteiger partial charge in [0, 0.05) is 24.3 Å². The molecule has 8 heteroatoms. The fourth-order valence-electron chi connectivity index (χ4n) is 2.20. The first kappa shape index (κ1) is 20.6. The van der Waals surface area contributed by atoms with Gasteiger partial charge in [-0.3, -0.25) is 0 Å². The molecule has 8 nitrogen and oxygen atoms in total. The summed E-state index contributed by atoms with van der Waals surface area (Å²) < 4.78 is 30.7. The van der Waals surface area contributed by atoms with Gasteiger partial charge in [0.05, 0.1) is 28.4 Å². The van der Waals surface area contributed by atoms with Crippen molar-refractivity contribution in [1.29, 1.82) is 0 Å². The first-order chi connectivity index (χ1) is 13.5. The van der Waals surface area contributed by atoms with E-state index in [1.807, 2.05) is 0 Å². The molecule has 0 saturated carbocycles. The second kappa shape index (κ2) is 9.86. The Kier molecular flexibility index (Phi) is 7.27. The van der Waals surface area contributed by atoms with E-state index in [-0.39, 0.29) is 11.5 Å². The van der Waals surface area contributed by atoms with Crippen molar-refractivity contribution in [3.8, 4) is 34.5 Å². The Hall–Kier alpha value is -3.68. The highest BCUT2D eigenvalue weighted by molar-refractivity contribution is 5.93. The summed E-state index contributed by atoms with van der Waals surface area (Å²) in [7, 11) is 5.92. The van der Waals surface area contributed by atoms with Crippen LogP contribution < -0.4 is 28.4 Å². The van der Waals surface area contributed by atoms with E-state index in [0.717, 1.165) is 12.2 Å². The van der Waals surface area contributed by atoms with Crippen molar-refractivity contribution >= 4 is 11.9 Å². The molecule has 0 unspecified atom stereocenters. The van der Waals surface area contributed by atoms with Crippen molar-refractivity contribution in [1.82, 2.24) is 0 Å². The smallest absolute Gasteiger partial charge is 0.336 e. The second-order valence-electron chi connectivity index (χ2n) is 5.21. The van der Waals surface area contributed by atoms with Crippen molar-refractivity contribution in [2.75, 3.05) is 28.4 Å². The molecule has 0 aliphatic heterocycles. The van der Waals surface area contributed by atoms with Crippen LogP contribution in [0.1, 0.15) is 0 Å². The summed E-state index contributed by atoms with van der Waals surface area (Å²) in [5, 5.41) is 0. The molecule has 28 heavy (non-hydrogen) atoms. The van der Waals surface area contributed by atoms with Gasteiger partial charge < -0.3 is 28.4 Å². The van der Waals surface area contributed by atoms with Gasteiger partial charge in [0.15, 0.2) is 23.0 Å². The maximum atomic E-state index is 11.9. The Bertz CT molecular complexity index is 801. The lowest BCUT2D eigenvalue weighted by molar-refractivity contribution is -0.131. The zero-order chi connectivity index (χ0) is 20.5. The zero-order valence-corrected chi connectivity index (χ0v) is 15.9. The van der Waals surface area contributed by atoms with Gasteiger partial charge in [-0.2, -0.15) is 0 Å². The highest BCUT2D eigenvalue weighted by Crippen LogP contribution is 2.31. The van der Waals surface area contributed by atoms with Crippen molar-refractivity contribution in [3.05, 3.63) is 48.6 Å². The van der Waals surface area contributed by atoms with Crippen LogP contribution in [0.4, 0.5) is 0 Å². The zero-order valence-electron chi connectivity index (χ0n) is 15.9. The van der Waals surface area contributed by atoms with Gasteiger partial charge in [-0.15, -0.1) is 0 Å². The van der Waals surface area contributed by atoms with Gasteiger partial charge in [-0.25, -0.2) is 9.59 Å². The fourth-order valence-corrected chi connectivity index (χ4v) is 2.20. The van der Waals surface area contributed by atoms with E-state index in [9.17, 15) is 9.59 Å². The van der Waals surface area contributed by atoms with Crippen LogP contribution in [0.2, 0.25) is 0 Å². The molecular weight excluding hydrogens is 368 g/mol. The normalized spacial score (nSPS) is 10.3. The number of carbonyl (C=O) groups is 2. The van der Waals surface area contributed by atoms with E-state index in [1.54, 1.807) is 12.1 Å². The predicted molar refractivity (Wildman–Crippen MR) is 99.5 cm³/mol. The average molecular weight is 388 g/mol. The summed E-state index contributed by atoms with van der Waals surface area (Å²) in [6.45, 7) is 0. The lowest BCUT2D eigenvalue weighted by atomic mass is 10.3. The molecule has 0 N–H and O–H groups in total. The topological polar surface area (TPSA) is 89.5 Å². The summed E-state index contributed by atoms with van der Waals surface area (Å²) in [6.07, 6.45) is 1.92. The summed E-state index contributed by atoms with van der Waals surface area (Å²) in [5.74, 6) is 0.774. The Morgan fingerprint density at radius 2 is 0.964 bits per heavy atom. The average Bonchev–Trinajstić information content (AvgIpc) is 2.72. The van der Waals surface area contributed by atoms with Crippen LogP contribution in [0.25, 0.3) is 0 Å². The molecule has 0 bridgehead atoms. The van der Waals surface area contributed by atoms with Gasteiger partial charge in [0.25, 0.3) is 0 Å². The van der Waals surface area contributed by atoms with Gasteiger partial charge in [0.1, 0.15) is 11.5 Å². The fraction of sp³-hybridized carbons (Fsp3) is 0.200. The third-order valence-electron chi connectivity index (χ3n) is 3.50. The van der Waals surface area contributed by atoms with E-state index >= 15 is 0 Å². The number of hydrogen-bond donors (Lipinski definition) is 0. The molecule has 0 heterocycles. The molecule has 2 aromatic carbocycles. The largest absolute Gasteiger partial charge is 0.493 e. The van der Waals surface area contributed by atoms with E-state index in [1.165, 1.54) is 52.7 Å². The van der Waals surface area contributed by atoms with Crippen LogP contribution in [0.3, 0.4) is 0 Å². The molecule has 0 aliphatic carbocycles. The standard InChI is InChI=1S/C20H20O8/c1-23-15-7-5-13(11-17(15)25-3)27-19(21)9-10-20(22)28-14-6-8-16(24-2)18(12-14)26-4/h5-12H,1-4H3/b10-9+. The molecule has 2 rings (SSSR count). The molecule has 0 fully saturated rings. The highest BCUT2D eigenvalue weighted by atomic mass is 16.5. The predicted octanol–water partition coefficient (Wildman–Crippen LogP) is 2.79. The minimum absolute atomic E-state index is 0.237. The van der Waals surface area contributed by atoms with E-state index in [0.29, 0.717) is 23.0 Å². The van der Waals surface area contributed by atoms with Gasteiger partial charge in [0.2, 0.25) is 0 Å². The third kappa shape index (κ3) is 5.41. The van der Waals surface area contributed by atoms with Crippen LogP contribution in [0.5, 0.6) is 34.5 Å². The summed E-state index contributed by atoms with van der Waals surface area (Å²) >= 11 is 0. The molecule has 0 amide bonds. The van der Waals surface area contributed by atoms with Crippen LogP contribution in [0.15, 0.2) is 48.6 Å². The maximum Gasteiger partial charge on any atom is 0.336 e. The maximum absolute atomic E-state index is 11.9. The first-order valence-corrected chi connectivity index (χ1v) is 8.06. The van der Waals surface area contributed by atoms with E-state index in [4.69, 9.17) is 28.4 Å². The number of rotatable bonds is 8. The van der Waals surface area contributed by atoms with E-state index < -0.39 is 11.9 Å². The number of methoxy groups -OCH3 is 4. The van der Waals surface area contributed by atoms with Crippen molar-refractivity contribution in [2.24, 2.45) is 0 Å². The molecule has 0 saturated heterocycles. The number of carbonyl (C=O) groups excluding carboxylic acids is 2. The minimum atomic E-state index is -0.753. The Morgan fingerprint density at radius 3 is 1.29 bits per heavy atom. The molecule has 0 spiro atoms. The highest BCUT2D eigenvalue weighted by Gasteiger charge is 2.10. The number of esters is 2. The Balaban J connectivity index is 1.97. The second-order valence-corrected chi connectivity index (χ2v) is 5.21. The van der Waals surface area contributed by atoms with Gasteiger partial charge >= 0.3 is 11.9 Å². The van der Waals surface area contributed by atoms with Crippen LogP contribution in [-0.4, -0.2) is 40.4 Å². The minimum Gasteiger partial charge on any atom is -0.493 e. The number of hydrogen-bond acceptors (Lipinski definition) is 8. The lowest BCUT2D eigenvalue weighted by Gasteiger charge is -2.09. The van der Waals surface area contributed by atoms with Crippen molar-refractivity contribution < 1.29 is 38.0 Å². The van der Waals surface area contributed by atoms with Gasteiger partial charge in [-0.05, 0) is 24.3 Å². The van der Waals surface area contributed by atoms with Crippen molar-refractivity contribution in [2.45, 2.75) is 0 Å². The monoisotopic (exact) mass is 388 g/mol. The van der Waals surface area contributed by atoms with Crippen molar-refractivity contribution in [3.63, 3.8) is 0 Å². The molecule has 0 radical (unpaired) electrons. The Morgan fingerprint density at radius 1 is 0.607 bits per heavy atom. The molecule has 0 aliphatic rings. The summed E-state index contributed by atoms with van der Waals surface area (Å²) in [4.78, 5) is 23.8. The van der Waals surface area contributed by atoms with Gasteiger partial charge in [-0.1, -0.05) is 0 Å². The molecule has 2 aromatic rings. The Labute approximate surface area is 162 Å². The van der Waals surface area contributed by atoms with Crippen LogP contribution in [-0.2, 0) is 9.59 Å². The number of ether oxygens (including phenoxy) is 6. The molecular formula is C20H20O8. The molecule has 148 valence electrons. The molecule has 0 atom stereocenters. The SMILES string of the molecule is COc1ccc(OC(=O)/C=C/C(=O)Oc2ccc(OC)c(OC)c2)cc1OC. The lowest BCUT2D eigenvalue weighted by Crippen LogP contribution is -2.08. The first-order valence-electron chi connectivity index (χ1n) is 8.06. The summed E-state index contributed by atoms with van der Waals surface area (Å²) in [6, 6.07) is 9.25.